The molecule has 1 saturated carbocycles. The van der Waals surface area contributed by atoms with Crippen LogP contribution in [0, 0.1) is 11.7 Å². The van der Waals surface area contributed by atoms with E-state index in [2.05, 4.69) is 4.98 Å². The number of benzene rings is 1. The number of hydrogen-bond acceptors (Lipinski definition) is 1. The molecule has 4 heteroatoms. The molecule has 1 aliphatic carbocycles. The molecular formula is C14H14FNO2. The van der Waals surface area contributed by atoms with Gasteiger partial charge in [-0.15, -0.1) is 0 Å². The Morgan fingerprint density at radius 1 is 1.44 bits per heavy atom. The number of aliphatic carboxylic acids is 1. The number of rotatable bonds is 4. The molecule has 2 aromatic rings. The Balaban J connectivity index is 2.05. The number of carboxylic acid groups (broad SMARTS) is 1. The van der Waals surface area contributed by atoms with Gasteiger partial charge in [-0.3, -0.25) is 4.79 Å². The Labute approximate surface area is 104 Å². The van der Waals surface area contributed by atoms with Gasteiger partial charge in [-0.1, -0.05) is 12.1 Å². The zero-order valence-corrected chi connectivity index (χ0v) is 9.82. The van der Waals surface area contributed by atoms with Crippen LogP contribution in [-0.4, -0.2) is 16.1 Å². The molecule has 1 fully saturated rings. The second kappa shape index (κ2) is 4.12. The zero-order valence-electron chi connectivity index (χ0n) is 9.82. The van der Waals surface area contributed by atoms with Crippen molar-refractivity contribution >= 4 is 16.9 Å². The van der Waals surface area contributed by atoms with Gasteiger partial charge in [0.15, 0.2) is 5.82 Å². The molecule has 0 bridgehead atoms. The quantitative estimate of drug-likeness (QED) is 0.871. The van der Waals surface area contributed by atoms with Crippen LogP contribution in [0.2, 0.25) is 0 Å². The van der Waals surface area contributed by atoms with E-state index in [1.54, 1.807) is 12.3 Å². The highest BCUT2D eigenvalue weighted by Crippen LogP contribution is 2.45. The SMILES string of the molecule is O=C(O)CC(c1ccc2cc[nH]c2c1F)C1CC1. The average molecular weight is 247 g/mol. The lowest BCUT2D eigenvalue weighted by atomic mass is 9.90. The van der Waals surface area contributed by atoms with Gasteiger partial charge in [0.05, 0.1) is 11.9 Å². The number of H-pyrrole nitrogens is 1. The summed E-state index contributed by atoms with van der Waals surface area (Å²) in [5.74, 6) is -1.04. The summed E-state index contributed by atoms with van der Waals surface area (Å²) in [7, 11) is 0. The van der Waals surface area contributed by atoms with Crippen LogP contribution in [0.3, 0.4) is 0 Å². The number of halogens is 1. The van der Waals surface area contributed by atoms with Gasteiger partial charge in [0.25, 0.3) is 0 Å². The van der Waals surface area contributed by atoms with Crippen LogP contribution < -0.4 is 0 Å². The lowest BCUT2D eigenvalue weighted by Crippen LogP contribution is -2.10. The highest BCUT2D eigenvalue weighted by Gasteiger charge is 2.35. The molecule has 2 N–H and O–H groups in total. The normalized spacial score (nSPS) is 16.9. The molecular weight excluding hydrogens is 233 g/mol. The van der Waals surface area contributed by atoms with E-state index < -0.39 is 5.97 Å². The number of nitrogens with one attached hydrogen (secondary N) is 1. The lowest BCUT2D eigenvalue weighted by molar-refractivity contribution is -0.137. The maximum absolute atomic E-state index is 14.4. The summed E-state index contributed by atoms with van der Waals surface area (Å²) in [6.45, 7) is 0. The van der Waals surface area contributed by atoms with Gasteiger partial charge >= 0.3 is 5.97 Å². The highest BCUT2D eigenvalue weighted by atomic mass is 19.1. The van der Waals surface area contributed by atoms with Crippen LogP contribution in [0.25, 0.3) is 10.9 Å². The van der Waals surface area contributed by atoms with Crippen molar-refractivity contribution in [1.29, 1.82) is 0 Å². The Hall–Kier alpha value is -1.84. The first-order valence-corrected chi connectivity index (χ1v) is 6.14. The van der Waals surface area contributed by atoms with Crippen LogP contribution in [0.5, 0.6) is 0 Å². The number of aromatic nitrogens is 1. The summed E-state index contributed by atoms with van der Waals surface area (Å²) in [6.07, 6.45) is 3.70. The molecule has 1 aromatic carbocycles. The second-order valence-electron chi connectivity index (χ2n) is 4.95. The summed E-state index contributed by atoms with van der Waals surface area (Å²) >= 11 is 0. The molecule has 3 nitrogen and oxygen atoms in total. The van der Waals surface area contributed by atoms with Crippen LogP contribution in [0.4, 0.5) is 4.39 Å². The van der Waals surface area contributed by atoms with Gasteiger partial charge in [0, 0.05) is 17.5 Å². The first-order chi connectivity index (χ1) is 8.66. The van der Waals surface area contributed by atoms with E-state index in [1.807, 2.05) is 12.1 Å². The molecule has 18 heavy (non-hydrogen) atoms. The summed E-state index contributed by atoms with van der Waals surface area (Å²) in [5, 5.41) is 9.78. The number of fused-ring (bicyclic) bond motifs is 1. The van der Waals surface area contributed by atoms with Crippen molar-refractivity contribution in [2.75, 3.05) is 0 Å². The number of hydrogen-bond donors (Lipinski definition) is 2. The molecule has 1 aliphatic rings. The lowest BCUT2D eigenvalue weighted by Gasteiger charge is -2.15. The third-order valence-corrected chi connectivity index (χ3v) is 3.68. The van der Waals surface area contributed by atoms with Crippen molar-refractivity contribution in [1.82, 2.24) is 4.98 Å². The van der Waals surface area contributed by atoms with Crippen LogP contribution >= 0.6 is 0 Å². The summed E-state index contributed by atoms with van der Waals surface area (Å²) < 4.78 is 14.4. The van der Waals surface area contributed by atoms with Crippen molar-refractivity contribution in [2.45, 2.75) is 25.2 Å². The first kappa shape index (κ1) is 11.3. The molecule has 0 spiro atoms. The predicted octanol–water partition coefficient (Wildman–Crippen LogP) is 3.28. The molecule has 3 rings (SSSR count). The summed E-state index contributed by atoms with van der Waals surface area (Å²) in [5.41, 5.74) is 1.01. The molecule has 0 amide bonds. The smallest absolute Gasteiger partial charge is 0.303 e. The van der Waals surface area contributed by atoms with Crippen LogP contribution in [0.15, 0.2) is 24.4 Å². The van der Waals surface area contributed by atoms with E-state index in [0.717, 1.165) is 18.2 Å². The highest BCUT2D eigenvalue weighted by molar-refractivity contribution is 5.81. The zero-order chi connectivity index (χ0) is 12.7. The molecule has 0 radical (unpaired) electrons. The van der Waals surface area contributed by atoms with Gasteiger partial charge in [-0.05, 0) is 30.4 Å². The van der Waals surface area contributed by atoms with Crippen molar-refractivity contribution in [2.24, 2.45) is 5.92 Å². The van der Waals surface area contributed by atoms with Gasteiger partial charge in [-0.2, -0.15) is 0 Å². The second-order valence-corrected chi connectivity index (χ2v) is 4.95. The van der Waals surface area contributed by atoms with E-state index in [4.69, 9.17) is 5.11 Å². The molecule has 1 unspecified atom stereocenters. The third kappa shape index (κ3) is 1.88. The minimum atomic E-state index is -0.863. The predicted molar refractivity (Wildman–Crippen MR) is 66.0 cm³/mol. The van der Waals surface area contributed by atoms with Crippen molar-refractivity contribution in [3.8, 4) is 0 Å². The number of carboxylic acids is 1. The first-order valence-electron chi connectivity index (χ1n) is 6.14. The summed E-state index contributed by atoms with van der Waals surface area (Å²) in [6, 6.07) is 5.39. The Bertz CT molecular complexity index is 601. The fraction of sp³-hybridized carbons (Fsp3) is 0.357. The average Bonchev–Trinajstić information content (AvgIpc) is 3.05. The topological polar surface area (TPSA) is 53.1 Å². The maximum Gasteiger partial charge on any atom is 0.303 e. The summed E-state index contributed by atoms with van der Waals surface area (Å²) in [4.78, 5) is 13.8. The number of aromatic amines is 1. The molecule has 1 atom stereocenters. The third-order valence-electron chi connectivity index (χ3n) is 3.68. The van der Waals surface area contributed by atoms with E-state index >= 15 is 0 Å². The maximum atomic E-state index is 14.4. The monoisotopic (exact) mass is 247 g/mol. The fourth-order valence-electron chi connectivity index (χ4n) is 2.61. The fourth-order valence-corrected chi connectivity index (χ4v) is 2.61. The van der Waals surface area contributed by atoms with Gasteiger partial charge < -0.3 is 10.1 Å². The molecule has 0 saturated heterocycles. The number of carbonyl (C=O) groups is 1. The van der Waals surface area contributed by atoms with Crippen molar-refractivity contribution < 1.29 is 14.3 Å². The standard InChI is InChI=1S/C14H14FNO2/c15-13-10(4-3-9-5-6-16-14(9)13)11(7-12(17)18)8-1-2-8/h3-6,8,11,16H,1-2,7H2,(H,17,18). The van der Waals surface area contributed by atoms with E-state index in [-0.39, 0.29) is 18.2 Å². The van der Waals surface area contributed by atoms with E-state index in [1.165, 1.54) is 0 Å². The Morgan fingerprint density at radius 2 is 2.22 bits per heavy atom. The van der Waals surface area contributed by atoms with Gasteiger partial charge in [-0.25, -0.2) is 4.39 Å². The van der Waals surface area contributed by atoms with Crippen LogP contribution in [-0.2, 0) is 4.79 Å². The van der Waals surface area contributed by atoms with E-state index in [9.17, 15) is 9.18 Å². The Morgan fingerprint density at radius 3 is 2.89 bits per heavy atom. The molecule has 1 aromatic heterocycles. The Kier molecular flexibility index (Phi) is 2.58. The largest absolute Gasteiger partial charge is 0.481 e. The minimum absolute atomic E-state index is 0.00774. The minimum Gasteiger partial charge on any atom is -0.481 e. The van der Waals surface area contributed by atoms with Gasteiger partial charge in [0.1, 0.15) is 0 Å². The molecule has 94 valence electrons. The van der Waals surface area contributed by atoms with Crippen LogP contribution in [0.1, 0.15) is 30.7 Å². The van der Waals surface area contributed by atoms with Crippen molar-refractivity contribution in [3.05, 3.63) is 35.8 Å². The van der Waals surface area contributed by atoms with Crippen molar-refractivity contribution in [3.63, 3.8) is 0 Å². The molecule has 0 aliphatic heterocycles. The molecule has 1 heterocycles. The van der Waals surface area contributed by atoms with E-state index in [0.29, 0.717) is 17.0 Å². The van der Waals surface area contributed by atoms with Gasteiger partial charge in [0.2, 0.25) is 0 Å².